The second kappa shape index (κ2) is 8.67. The molecule has 32 heavy (non-hydrogen) atoms. The summed E-state index contributed by atoms with van der Waals surface area (Å²) in [6.07, 6.45) is 0. The van der Waals surface area contributed by atoms with Gasteiger partial charge in [0.1, 0.15) is 17.3 Å². The van der Waals surface area contributed by atoms with Crippen molar-refractivity contribution < 1.29 is 18.7 Å². The average Bonchev–Trinajstić information content (AvgIpc) is 2.98. The Morgan fingerprint density at radius 1 is 0.906 bits per heavy atom. The predicted molar refractivity (Wildman–Crippen MR) is 123 cm³/mol. The van der Waals surface area contributed by atoms with Crippen molar-refractivity contribution in [1.29, 1.82) is 0 Å². The van der Waals surface area contributed by atoms with Crippen molar-refractivity contribution in [2.24, 2.45) is 0 Å². The number of benzene rings is 3. The molecule has 0 saturated carbocycles. The number of anilines is 2. The van der Waals surface area contributed by atoms with Gasteiger partial charge in [-0.05, 0) is 79.9 Å². The van der Waals surface area contributed by atoms with Gasteiger partial charge in [-0.1, -0.05) is 24.3 Å². The second-order valence-corrected chi connectivity index (χ2v) is 7.63. The van der Waals surface area contributed by atoms with E-state index in [1.165, 1.54) is 18.2 Å². The molecule has 0 saturated heterocycles. The van der Waals surface area contributed by atoms with E-state index in [2.05, 4.69) is 5.32 Å². The smallest absolute Gasteiger partial charge is 0.282 e. The summed E-state index contributed by atoms with van der Waals surface area (Å²) in [5, 5.41) is 2.98. The number of rotatable bonds is 6. The SMILES string of the molecule is CCOc1ccc(C2=C(Nc3cccc(F)c3)C(=O)N(c3cc(C)cc(C)c3)C2=O)cc1. The Balaban J connectivity index is 1.81. The van der Waals surface area contributed by atoms with Gasteiger partial charge in [0.25, 0.3) is 11.8 Å². The van der Waals surface area contributed by atoms with Crippen LogP contribution in [-0.2, 0) is 9.59 Å². The van der Waals surface area contributed by atoms with Crippen LogP contribution < -0.4 is 15.0 Å². The van der Waals surface area contributed by atoms with Crippen LogP contribution in [0.2, 0.25) is 0 Å². The quantitative estimate of drug-likeness (QED) is 0.544. The number of imide groups is 1. The van der Waals surface area contributed by atoms with E-state index in [1.807, 2.05) is 26.8 Å². The number of nitrogens with one attached hydrogen (secondary N) is 1. The van der Waals surface area contributed by atoms with Gasteiger partial charge in [-0.2, -0.15) is 0 Å². The van der Waals surface area contributed by atoms with E-state index in [4.69, 9.17) is 4.74 Å². The number of hydrogen-bond acceptors (Lipinski definition) is 4. The van der Waals surface area contributed by atoms with Gasteiger partial charge in [0, 0.05) is 5.69 Å². The molecule has 162 valence electrons. The molecule has 4 rings (SSSR count). The van der Waals surface area contributed by atoms with E-state index in [0.717, 1.165) is 16.0 Å². The van der Waals surface area contributed by atoms with Crippen LogP contribution in [-0.4, -0.2) is 18.4 Å². The zero-order valence-corrected chi connectivity index (χ0v) is 18.1. The van der Waals surface area contributed by atoms with Crippen molar-refractivity contribution in [3.63, 3.8) is 0 Å². The molecular weight excluding hydrogens is 407 g/mol. The van der Waals surface area contributed by atoms with Crippen molar-refractivity contribution in [1.82, 2.24) is 0 Å². The number of carbonyl (C=O) groups is 2. The standard InChI is InChI=1S/C26H23FN2O3/c1-4-32-22-10-8-18(9-11-22)23-24(28-20-7-5-6-19(27)15-20)26(31)29(25(23)30)21-13-16(2)12-17(3)14-21/h5-15,28H,4H2,1-3H3. The molecule has 0 radical (unpaired) electrons. The lowest BCUT2D eigenvalue weighted by atomic mass is 10.0. The minimum Gasteiger partial charge on any atom is -0.494 e. The number of halogens is 1. The Kier molecular flexibility index (Phi) is 5.77. The molecule has 0 bridgehead atoms. The zero-order chi connectivity index (χ0) is 22.8. The van der Waals surface area contributed by atoms with Crippen molar-refractivity contribution in [2.75, 3.05) is 16.8 Å². The first-order chi connectivity index (χ1) is 15.4. The Morgan fingerprint density at radius 2 is 1.59 bits per heavy atom. The number of amides is 2. The fourth-order valence-electron chi connectivity index (χ4n) is 3.82. The third kappa shape index (κ3) is 4.12. The average molecular weight is 430 g/mol. The molecule has 0 aromatic heterocycles. The first-order valence-corrected chi connectivity index (χ1v) is 10.3. The van der Waals surface area contributed by atoms with E-state index in [0.29, 0.717) is 29.3 Å². The molecule has 3 aromatic carbocycles. The summed E-state index contributed by atoms with van der Waals surface area (Å²) >= 11 is 0. The first-order valence-electron chi connectivity index (χ1n) is 10.3. The fraction of sp³-hybridized carbons (Fsp3) is 0.154. The summed E-state index contributed by atoms with van der Waals surface area (Å²) in [4.78, 5) is 28.1. The Hall–Kier alpha value is -3.93. The minimum absolute atomic E-state index is 0.101. The number of ether oxygens (including phenoxy) is 1. The van der Waals surface area contributed by atoms with E-state index in [9.17, 15) is 14.0 Å². The number of carbonyl (C=O) groups excluding carboxylic acids is 2. The Labute approximate surface area is 186 Å². The summed E-state index contributed by atoms with van der Waals surface area (Å²) in [5.41, 5.74) is 3.65. The van der Waals surface area contributed by atoms with Gasteiger partial charge in [-0.25, -0.2) is 9.29 Å². The molecular formula is C26H23FN2O3. The molecule has 2 amide bonds. The highest BCUT2D eigenvalue weighted by molar-refractivity contribution is 6.46. The zero-order valence-electron chi connectivity index (χ0n) is 18.1. The maximum Gasteiger partial charge on any atom is 0.282 e. The monoisotopic (exact) mass is 430 g/mol. The van der Waals surface area contributed by atoms with Gasteiger partial charge >= 0.3 is 0 Å². The summed E-state index contributed by atoms with van der Waals surface area (Å²) in [7, 11) is 0. The maximum atomic E-state index is 13.8. The summed E-state index contributed by atoms with van der Waals surface area (Å²) in [6.45, 7) is 6.23. The molecule has 1 aliphatic heterocycles. The van der Waals surface area contributed by atoms with Gasteiger partial charge in [0.05, 0.1) is 17.9 Å². The van der Waals surface area contributed by atoms with E-state index in [-0.39, 0.29) is 11.3 Å². The molecule has 0 aliphatic carbocycles. The van der Waals surface area contributed by atoms with Crippen LogP contribution >= 0.6 is 0 Å². The van der Waals surface area contributed by atoms with Crippen LogP contribution in [0.15, 0.2) is 72.4 Å². The lowest BCUT2D eigenvalue weighted by Gasteiger charge is -2.17. The second-order valence-electron chi connectivity index (χ2n) is 7.63. The van der Waals surface area contributed by atoms with Gasteiger partial charge in [0.15, 0.2) is 0 Å². The largest absolute Gasteiger partial charge is 0.494 e. The van der Waals surface area contributed by atoms with Crippen molar-refractivity contribution >= 4 is 28.8 Å². The van der Waals surface area contributed by atoms with Crippen LogP contribution in [0.25, 0.3) is 5.57 Å². The number of nitrogens with zero attached hydrogens (tertiary/aromatic N) is 1. The van der Waals surface area contributed by atoms with Crippen LogP contribution in [0.4, 0.5) is 15.8 Å². The summed E-state index contributed by atoms with van der Waals surface area (Å²) < 4.78 is 19.2. The molecule has 0 atom stereocenters. The molecule has 1 N–H and O–H groups in total. The fourth-order valence-corrected chi connectivity index (χ4v) is 3.82. The molecule has 3 aromatic rings. The highest BCUT2D eigenvalue weighted by Crippen LogP contribution is 2.35. The van der Waals surface area contributed by atoms with E-state index >= 15 is 0 Å². The van der Waals surface area contributed by atoms with Gasteiger partial charge in [0.2, 0.25) is 0 Å². The normalized spacial score (nSPS) is 13.7. The highest BCUT2D eigenvalue weighted by atomic mass is 19.1. The highest BCUT2D eigenvalue weighted by Gasteiger charge is 2.40. The van der Waals surface area contributed by atoms with Crippen LogP contribution in [0, 0.1) is 19.7 Å². The van der Waals surface area contributed by atoms with Gasteiger partial charge in [-0.3, -0.25) is 9.59 Å². The molecule has 0 unspecified atom stereocenters. The number of aryl methyl sites for hydroxylation is 2. The molecule has 0 fully saturated rings. The minimum atomic E-state index is -0.492. The van der Waals surface area contributed by atoms with Crippen molar-refractivity contribution in [2.45, 2.75) is 20.8 Å². The topological polar surface area (TPSA) is 58.6 Å². The lowest BCUT2D eigenvalue weighted by Crippen LogP contribution is -2.32. The summed E-state index contributed by atoms with van der Waals surface area (Å²) in [5.74, 6) is -0.711. The molecule has 5 nitrogen and oxygen atoms in total. The third-order valence-corrected chi connectivity index (χ3v) is 5.10. The molecule has 0 spiro atoms. The number of hydrogen-bond donors (Lipinski definition) is 1. The van der Waals surface area contributed by atoms with Crippen LogP contribution in [0.3, 0.4) is 0 Å². The predicted octanol–water partition coefficient (Wildman–Crippen LogP) is 5.24. The Morgan fingerprint density at radius 3 is 2.22 bits per heavy atom. The van der Waals surface area contributed by atoms with Crippen LogP contribution in [0.5, 0.6) is 5.75 Å². The molecule has 6 heteroatoms. The Bertz CT molecular complexity index is 1210. The molecule has 1 heterocycles. The maximum absolute atomic E-state index is 13.8. The van der Waals surface area contributed by atoms with E-state index in [1.54, 1.807) is 42.5 Å². The summed E-state index contributed by atoms with van der Waals surface area (Å²) in [6, 6.07) is 18.3. The van der Waals surface area contributed by atoms with E-state index < -0.39 is 17.6 Å². The van der Waals surface area contributed by atoms with Crippen molar-refractivity contribution in [3.8, 4) is 5.75 Å². The van der Waals surface area contributed by atoms with Gasteiger partial charge in [-0.15, -0.1) is 0 Å². The van der Waals surface area contributed by atoms with Crippen LogP contribution in [0.1, 0.15) is 23.6 Å². The lowest BCUT2D eigenvalue weighted by molar-refractivity contribution is -0.120. The van der Waals surface area contributed by atoms with Gasteiger partial charge < -0.3 is 10.1 Å². The van der Waals surface area contributed by atoms with Crippen molar-refractivity contribution in [3.05, 3.63) is 94.9 Å². The first kappa shape index (κ1) is 21.3. The third-order valence-electron chi connectivity index (χ3n) is 5.10. The molecule has 1 aliphatic rings.